The molecule has 0 amide bonds. The van der Waals surface area contributed by atoms with Crippen molar-refractivity contribution in [3.8, 4) is 0 Å². The second kappa shape index (κ2) is 12.3. The van der Waals surface area contributed by atoms with Gasteiger partial charge in [-0.1, -0.05) is 50.1 Å². The Morgan fingerprint density at radius 2 is 1.70 bits per heavy atom. The van der Waals surface area contributed by atoms with E-state index < -0.39 is 6.43 Å². The second-order valence-corrected chi connectivity index (χ2v) is 8.19. The van der Waals surface area contributed by atoms with E-state index in [0.29, 0.717) is 0 Å². The number of benzene rings is 2. The first-order valence-electron chi connectivity index (χ1n) is 11.0. The molecule has 2 aromatic rings. The van der Waals surface area contributed by atoms with E-state index in [-0.39, 0.29) is 18.0 Å². The molecule has 0 unspecified atom stereocenters. The van der Waals surface area contributed by atoms with E-state index >= 15 is 0 Å². The molecule has 2 nitrogen and oxygen atoms in total. The molecule has 0 bridgehead atoms. The topological polar surface area (TPSA) is 6.48 Å². The minimum atomic E-state index is -2.40. The molecule has 0 aliphatic carbocycles. The summed E-state index contributed by atoms with van der Waals surface area (Å²) in [4.78, 5) is 4.71. The molecule has 1 aliphatic heterocycles. The van der Waals surface area contributed by atoms with E-state index in [2.05, 4.69) is 41.8 Å². The number of hydrogen-bond acceptors (Lipinski definition) is 2. The maximum absolute atomic E-state index is 13.0. The first-order valence-corrected chi connectivity index (χ1v) is 11.0. The maximum Gasteiger partial charge on any atom is 0.263 e. The molecule has 0 atom stereocenters. The van der Waals surface area contributed by atoms with Crippen LogP contribution in [0.2, 0.25) is 0 Å². The zero-order valence-corrected chi connectivity index (χ0v) is 19.1. The summed E-state index contributed by atoms with van der Waals surface area (Å²) in [6.07, 6.45) is 3.68. The maximum atomic E-state index is 13.0. The molecular formula is C25H35ClF2N2. The summed E-state index contributed by atoms with van der Waals surface area (Å²) >= 11 is 0. The summed E-state index contributed by atoms with van der Waals surface area (Å²) in [5.74, 6) is 0. The van der Waals surface area contributed by atoms with Gasteiger partial charge in [0, 0.05) is 44.0 Å². The Hall–Kier alpha value is -1.65. The molecule has 0 spiro atoms. The predicted molar refractivity (Wildman–Crippen MR) is 125 cm³/mol. The highest BCUT2D eigenvalue weighted by Crippen LogP contribution is 2.25. The third-order valence-electron chi connectivity index (χ3n) is 6.04. The average Bonchev–Trinajstić information content (AvgIpc) is 2.74. The molecule has 1 aliphatic rings. The van der Waals surface area contributed by atoms with Crippen LogP contribution in [0.4, 0.5) is 14.5 Å². The number of hydrogen-bond donors (Lipinski definition) is 0. The standard InChI is InChI=1S/C25H34F2N2.ClH/c1-3-4-5-7-22-18-21(11-10-20(22)2)12-13-28-14-16-29(17-15-28)24-9-6-8-23(19-24)25(26)27;/h6,8-11,18-19,25H,3-5,7,12-17H2,1-2H3;1H. The molecule has 2 aromatic carbocycles. The molecule has 0 radical (unpaired) electrons. The molecule has 0 saturated carbocycles. The molecule has 5 heteroatoms. The summed E-state index contributed by atoms with van der Waals surface area (Å²) < 4.78 is 25.9. The van der Waals surface area contributed by atoms with Crippen LogP contribution in [0.25, 0.3) is 0 Å². The van der Waals surface area contributed by atoms with E-state index in [1.807, 2.05) is 6.07 Å². The Balaban J connectivity index is 0.00000320. The van der Waals surface area contributed by atoms with Gasteiger partial charge in [0.2, 0.25) is 0 Å². The van der Waals surface area contributed by atoms with E-state index in [1.165, 1.54) is 48.4 Å². The summed E-state index contributed by atoms with van der Waals surface area (Å²) in [5, 5.41) is 0. The SMILES string of the molecule is CCCCCc1cc(CCN2CCN(c3cccc(C(F)F)c3)CC2)ccc1C.Cl. The first kappa shape index (κ1) is 24.6. The minimum absolute atomic E-state index is 0. The first-order chi connectivity index (χ1) is 14.1. The highest BCUT2D eigenvalue weighted by atomic mass is 35.5. The fourth-order valence-electron chi connectivity index (χ4n) is 4.09. The van der Waals surface area contributed by atoms with Crippen LogP contribution in [0.1, 0.15) is 54.9 Å². The van der Waals surface area contributed by atoms with Crippen LogP contribution in [-0.4, -0.2) is 37.6 Å². The van der Waals surface area contributed by atoms with E-state index in [4.69, 9.17) is 0 Å². The van der Waals surface area contributed by atoms with Crippen LogP contribution < -0.4 is 4.90 Å². The number of halogens is 3. The Morgan fingerprint density at radius 1 is 0.933 bits per heavy atom. The van der Waals surface area contributed by atoms with Crippen LogP contribution in [0.5, 0.6) is 0 Å². The Bertz CT molecular complexity index is 773. The zero-order chi connectivity index (χ0) is 20.6. The number of piperazine rings is 1. The molecule has 0 N–H and O–H groups in total. The molecule has 0 aromatic heterocycles. The van der Waals surface area contributed by atoms with E-state index in [1.54, 1.807) is 12.1 Å². The average molecular weight is 437 g/mol. The number of aryl methyl sites for hydroxylation is 2. The number of nitrogens with zero attached hydrogens (tertiary/aromatic N) is 2. The zero-order valence-electron chi connectivity index (χ0n) is 18.2. The van der Waals surface area contributed by atoms with Gasteiger partial charge in [0.15, 0.2) is 0 Å². The number of anilines is 1. The fourth-order valence-corrected chi connectivity index (χ4v) is 4.09. The molecule has 1 heterocycles. The van der Waals surface area contributed by atoms with Gasteiger partial charge in [-0.25, -0.2) is 8.78 Å². The van der Waals surface area contributed by atoms with Crippen molar-refractivity contribution in [2.75, 3.05) is 37.6 Å². The Morgan fingerprint density at radius 3 is 2.40 bits per heavy atom. The van der Waals surface area contributed by atoms with Crippen molar-refractivity contribution in [3.63, 3.8) is 0 Å². The van der Waals surface area contributed by atoms with Gasteiger partial charge in [-0.3, -0.25) is 4.90 Å². The van der Waals surface area contributed by atoms with Gasteiger partial charge >= 0.3 is 0 Å². The lowest BCUT2D eigenvalue weighted by Gasteiger charge is -2.36. The monoisotopic (exact) mass is 436 g/mol. The van der Waals surface area contributed by atoms with Crippen molar-refractivity contribution in [1.82, 2.24) is 4.90 Å². The Labute approximate surface area is 186 Å². The summed E-state index contributed by atoms with van der Waals surface area (Å²) in [7, 11) is 0. The van der Waals surface area contributed by atoms with Crippen LogP contribution >= 0.6 is 12.4 Å². The number of unbranched alkanes of at least 4 members (excludes halogenated alkanes) is 2. The highest BCUT2D eigenvalue weighted by Gasteiger charge is 2.18. The van der Waals surface area contributed by atoms with Gasteiger partial charge in [0.1, 0.15) is 0 Å². The van der Waals surface area contributed by atoms with Crippen molar-refractivity contribution in [1.29, 1.82) is 0 Å². The van der Waals surface area contributed by atoms with Crippen LogP contribution in [-0.2, 0) is 12.8 Å². The van der Waals surface area contributed by atoms with Gasteiger partial charge in [-0.05, 0) is 55.0 Å². The second-order valence-electron chi connectivity index (χ2n) is 8.19. The normalized spacial score (nSPS) is 14.8. The smallest absolute Gasteiger partial charge is 0.263 e. The largest absolute Gasteiger partial charge is 0.369 e. The Kier molecular flexibility index (Phi) is 10.1. The van der Waals surface area contributed by atoms with Crippen LogP contribution in [0.15, 0.2) is 42.5 Å². The molecule has 3 rings (SSSR count). The van der Waals surface area contributed by atoms with Crippen molar-refractivity contribution < 1.29 is 8.78 Å². The van der Waals surface area contributed by atoms with Gasteiger partial charge in [0.05, 0.1) is 0 Å². The summed E-state index contributed by atoms with van der Waals surface area (Å²) in [6, 6.07) is 13.7. The van der Waals surface area contributed by atoms with Crippen molar-refractivity contribution in [2.45, 2.75) is 52.4 Å². The van der Waals surface area contributed by atoms with E-state index in [0.717, 1.165) is 44.8 Å². The fraction of sp³-hybridized carbons (Fsp3) is 0.520. The van der Waals surface area contributed by atoms with Gasteiger partial charge < -0.3 is 4.90 Å². The van der Waals surface area contributed by atoms with Gasteiger partial charge in [0.25, 0.3) is 6.43 Å². The highest BCUT2D eigenvalue weighted by molar-refractivity contribution is 5.85. The lowest BCUT2D eigenvalue weighted by atomic mass is 9.98. The molecule has 30 heavy (non-hydrogen) atoms. The molecule has 1 saturated heterocycles. The van der Waals surface area contributed by atoms with Crippen molar-refractivity contribution in [3.05, 3.63) is 64.7 Å². The minimum Gasteiger partial charge on any atom is -0.369 e. The molecular weight excluding hydrogens is 402 g/mol. The number of rotatable bonds is 9. The van der Waals surface area contributed by atoms with Gasteiger partial charge in [-0.2, -0.15) is 0 Å². The lowest BCUT2D eigenvalue weighted by molar-refractivity contribution is 0.151. The quantitative estimate of drug-likeness (QED) is 0.416. The third kappa shape index (κ3) is 6.95. The van der Waals surface area contributed by atoms with Crippen LogP contribution in [0, 0.1) is 6.92 Å². The van der Waals surface area contributed by atoms with Crippen LogP contribution in [0.3, 0.4) is 0 Å². The van der Waals surface area contributed by atoms with E-state index in [9.17, 15) is 8.78 Å². The lowest BCUT2D eigenvalue weighted by Crippen LogP contribution is -2.47. The van der Waals surface area contributed by atoms with Crippen molar-refractivity contribution >= 4 is 18.1 Å². The molecule has 1 fully saturated rings. The van der Waals surface area contributed by atoms with Crippen molar-refractivity contribution in [2.24, 2.45) is 0 Å². The predicted octanol–water partition coefficient (Wildman–Crippen LogP) is 6.45. The summed E-state index contributed by atoms with van der Waals surface area (Å²) in [5.41, 5.74) is 5.36. The summed E-state index contributed by atoms with van der Waals surface area (Å²) in [6.45, 7) is 9.27. The number of alkyl halides is 2. The third-order valence-corrected chi connectivity index (χ3v) is 6.04. The van der Waals surface area contributed by atoms with Gasteiger partial charge in [-0.15, -0.1) is 12.4 Å². The molecule has 166 valence electrons.